The van der Waals surface area contributed by atoms with Crippen LogP contribution >= 0.6 is 0 Å². The predicted octanol–water partition coefficient (Wildman–Crippen LogP) is 0.997. The fourth-order valence-electron chi connectivity index (χ4n) is 4.26. The van der Waals surface area contributed by atoms with E-state index in [1.54, 1.807) is 33.8 Å². The van der Waals surface area contributed by atoms with Gasteiger partial charge in [-0.25, -0.2) is 8.42 Å². The molecule has 1 aromatic carbocycles. The maximum atomic E-state index is 13.1. The van der Waals surface area contributed by atoms with Crippen molar-refractivity contribution < 1.29 is 22.8 Å². The molecule has 0 aliphatic carbocycles. The highest BCUT2D eigenvalue weighted by molar-refractivity contribution is 7.89. The number of piperazine rings is 2. The van der Waals surface area contributed by atoms with Gasteiger partial charge in [0.15, 0.2) is 0 Å². The van der Waals surface area contributed by atoms with Gasteiger partial charge in [0.1, 0.15) is 0 Å². The minimum atomic E-state index is -3.61. The van der Waals surface area contributed by atoms with E-state index < -0.39 is 10.0 Å². The van der Waals surface area contributed by atoms with E-state index in [0.29, 0.717) is 56.1 Å². The summed E-state index contributed by atoms with van der Waals surface area (Å²) < 4.78 is 27.5. The van der Waals surface area contributed by atoms with Crippen LogP contribution in [-0.4, -0.2) is 97.5 Å². The molecule has 0 unspecified atom stereocenters. The lowest BCUT2D eigenvalue weighted by Gasteiger charge is -2.35. The van der Waals surface area contributed by atoms with Gasteiger partial charge >= 0.3 is 0 Å². The number of carbonyl (C=O) groups excluding carboxylic acids is 3. The number of carbonyl (C=O) groups is 3. The zero-order valence-corrected chi connectivity index (χ0v) is 20.6. The third-order valence-corrected chi connectivity index (χ3v) is 8.43. The average Bonchev–Trinajstić information content (AvgIpc) is 2.83. The molecule has 2 heterocycles. The van der Waals surface area contributed by atoms with Gasteiger partial charge in [0.05, 0.1) is 4.90 Å². The van der Waals surface area contributed by atoms with Gasteiger partial charge in [-0.15, -0.1) is 0 Å². The van der Waals surface area contributed by atoms with Crippen molar-refractivity contribution in [1.29, 1.82) is 0 Å². The first-order chi connectivity index (χ1) is 15.6. The topological polar surface area (TPSA) is 98.3 Å². The Bertz CT molecular complexity index is 994. The number of hydrogen-bond acceptors (Lipinski definition) is 5. The molecule has 2 aliphatic heterocycles. The Morgan fingerprint density at radius 1 is 0.758 bits per heavy atom. The molecule has 10 heteroatoms. The first-order valence-corrected chi connectivity index (χ1v) is 13.0. The van der Waals surface area contributed by atoms with Crippen LogP contribution in [0.3, 0.4) is 0 Å². The third-order valence-electron chi connectivity index (χ3n) is 6.39. The molecule has 3 rings (SSSR count). The lowest BCUT2D eigenvalue weighted by molar-refractivity contribution is -0.141. The van der Waals surface area contributed by atoms with Crippen LogP contribution in [0.4, 0.5) is 0 Å². The van der Waals surface area contributed by atoms with Gasteiger partial charge in [-0.05, 0) is 31.0 Å². The molecule has 9 nitrogen and oxygen atoms in total. The van der Waals surface area contributed by atoms with Gasteiger partial charge in [0.2, 0.25) is 27.7 Å². The molecule has 0 bridgehead atoms. The Balaban J connectivity index is 1.46. The molecule has 33 heavy (non-hydrogen) atoms. The molecule has 2 fully saturated rings. The van der Waals surface area contributed by atoms with E-state index >= 15 is 0 Å². The summed E-state index contributed by atoms with van der Waals surface area (Å²) in [7, 11) is -3.61. The molecule has 0 atom stereocenters. The SMILES string of the molecule is CCC(=O)N1CCN(C(=O)CCC(=O)N2CCN(S(=O)(=O)c3cc(C)ccc3C)CC2)CC1. The van der Waals surface area contributed by atoms with Gasteiger partial charge in [0, 0.05) is 71.6 Å². The third kappa shape index (κ3) is 5.92. The van der Waals surface area contributed by atoms with Crippen LogP contribution < -0.4 is 0 Å². The van der Waals surface area contributed by atoms with Gasteiger partial charge in [-0.1, -0.05) is 19.1 Å². The van der Waals surface area contributed by atoms with E-state index in [-0.39, 0.29) is 43.7 Å². The highest BCUT2D eigenvalue weighted by Gasteiger charge is 2.31. The molecule has 0 N–H and O–H groups in total. The molecule has 0 radical (unpaired) electrons. The summed E-state index contributed by atoms with van der Waals surface area (Å²) in [5.41, 5.74) is 1.59. The van der Waals surface area contributed by atoms with E-state index in [0.717, 1.165) is 5.56 Å². The minimum absolute atomic E-state index is 0.0805. The highest BCUT2D eigenvalue weighted by Crippen LogP contribution is 2.22. The number of sulfonamides is 1. The molecule has 0 saturated carbocycles. The van der Waals surface area contributed by atoms with E-state index in [1.165, 1.54) is 4.31 Å². The van der Waals surface area contributed by atoms with Crippen molar-refractivity contribution in [1.82, 2.24) is 19.0 Å². The standard InChI is InChI=1S/C23H34N4O5S/c1-4-21(28)24-9-11-25(12-10-24)22(29)7-8-23(30)26-13-15-27(16-14-26)33(31,32)20-17-18(2)5-6-19(20)3/h5-6,17H,4,7-16H2,1-3H3. The number of amides is 3. The number of hydrogen-bond donors (Lipinski definition) is 0. The van der Waals surface area contributed by atoms with Gasteiger partial charge < -0.3 is 14.7 Å². The lowest BCUT2D eigenvalue weighted by atomic mass is 10.2. The van der Waals surface area contributed by atoms with E-state index in [2.05, 4.69) is 0 Å². The molecular formula is C23H34N4O5S. The molecule has 0 spiro atoms. The number of benzene rings is 1. The summed E-state index contributed by atoms with van der Waals surface area (Å²) in [5.74, 6) is -0.119. The van der Waals surface area contributed by atoms with Crippen LogP contribution in [-0.2, 0) is 24.4 Å². The van der Waals surface area contributed by atoms with Crippen molar-refractivity contribution in [3.63, 3.8) is 0 Å². The zero-order chi connectivity index (χ0) is 24.2. The maximum Gasteiger partial charge on any atom is 0.243 e. The normalized spacial score (nSPS) is 17.8. The summed E-state index contributed by atoms with van der Waals surface area (Å²) in [5, 5.41) is 0. The van der Waals surface area contributed by atoms with Crippen LogP contribution in [0.1, 0.15) is 37.3 Å². The summed E-state index contributed by atoms with van der Waals surface area (Å²) in [4.78, 5) is 42.3. The second-order valence-electron chi connectivity index (χ2n) is 8.67. The van der Waals surface area contributed by atoms with Gasteiger partial charge in [-0.2, -0.15) is 4.31 Å². The number of nitrogens with zero attached hydrogens (tertiary/aromatic N) is 4. The first kappa shape index (κ1) is 25.2. The Morgan fingerprint density at radius 3 is 1.70 bits per heavy atom. The molecule has 0 aromatic heterocycles. The Hall–Kier alpha value is -2.46. The smallest absolute Gasteiger partial charge is 0.243 e. The second-order valence-corrected chi connectivity index (χ2v) is 10.6. The van der Waals surface area contributed by atoms with Crippen molar-refractivity contribution in [3.05, 3.63) is 29.3 Å². The molecule has 182 valence electrons. The molecule has 1 aromatic rings. The fourth-order valence-corrected chi connectivity index (χ4v) is 5.99. The van der Waals surface area contributed by atoms with Crippen molar-refractivity contribution in [2.24, 2.45) is 0 Å². The largest absolute Gasteiger partial charge is 0.340 e. The highest BCUT2D eigenvalue weighted by atomic mass is 32.2. The molecule has 3 amide bonds. The van der Waals surface area contributed by atoms with Crippen LogP contribution in [0.2, 0.25) is 0 Å². The summed E-state index contributed by atoms with van der Waals surface area (Å²) >= 11 is 0. The average molecular weight is 479 g/mol. The Kier molecular flexibility index (Phi) is 8.12. The monoisotopic (exact) mass is 478 g/mol. The molecular weight excluding hydrogens is 444 g/mol. The van der Waals surface area contributed by atoms with Gasteiger partial charge in [-0.3, -0.25) is 14.4 Å². The number of aryl methyl sites for hydroxylation is 2. The van der Waals surface area contributed by atoms with E-state index in [4.69, 9.17) is 0 Å². The van der Waals surface area contributed by atoms with E-state index in [9.17, 15) is 22.8 Å². The first-order valence-electron chi connectivity index (χ1n) is 11.5. The maximum absolute atomic E-state index is 13.1. The van der Waals surface area contributed by atoms with Crippen LogP contribution in [0, 0.1) is 13.8 Å². The second kappa shape index (κ2) is 10.6. The molecule has 2 saturated heterocycles. The Morgan fingerprint density at radius 2 is 1.21 bits per heavy atom. The van der Waals surface area contributed by atoms with Crippen molar-refractivity contribution in [2.45, 2.75) is 44.9 Å². The zero-order valence-electron chi connectivity index (χ0n) is 19.7. The summed E-state index contributed by atoms with van der Waals surface area (Å²) in [6, 6.07) is 5.38. The number of rotatable bonds is 6. The quantitative estimate of drug-likeness (QED) is 0.608. The van der Waals surface area contributed by atoms with Crippen LogP contribution in [0.15, 0.2) is 23.1 Å². The summed E-state index contributed by atoms with van der Waals surface area (Å²) in [6.07, 6.45) is 0.694. The van der Waals surface area contributed by atoms with Crippen molar-refractivity contribution >= 4 is 27.7 Å². The van der Waals surface area contributed by atoms with Gasteiger partial charge in [0.25, 0.3) is 0 Å². The summed E-state index contributed by atoms with van der Waals surface area (Å²) in [6.45, 7) is 8.62. The predicted molar refractivity (Wildman–Crippen MR) is 124 cm³/mol. The van der Waals surface area contributed by atoms with E-state index in [1.807, 2.05) is 19.9 Å². The van der Waals surface area contributed by atoms with Crippen molar-refractivity contribution in [2.75, 3.05) is 52.4 Å². The lowest BCUT2D eigenvalue weighted by Crippen LogP contribution is -2.51. The van der Waals surface area contributed by atoms with Crippen LogP contribution in [0.25, 0.3) is 0 Å². The minimum Gasteiger partial charge on any atom is -0.340 e. The Labute approximate surface area is 196 Å². The van der Waals surface area contributed by atoms with Crippen molar-refractivity contribution in [3.8, 4) is 0 Å². The molecule has 2 aliphatic rings. The van der Waals surface area contributed by atoms with Crippen LogP contribution in [0.5, 0.6) is 0 Å². The fraction of sp³-hybridized carbons (Fsp3) is 0.609.